The van der Waals surface area contributed by atoms with Gasteiger partial charge >= 0.3 is 11.9 Å². The maximum absolute atomic E-state index is 12.2. The van der Waals surface area contributed by atoms with Crippen molar-refractivity contribution in [1.29, 1.82) is 0 Å². The van der Waals surface area contributed by atoms with E-state index in [-0.39, 0.29) is 5.57 Å². The summed E-state index contributed by atoms with van der Waals surface area (Å²) in [5, 5.41) is 19.0. The van der Waals surface area contributed by atoms with Gasteiger partial charge in [0.2, 0.25) is 0 Å². The number of hydrogen-bond donors (Lipinski definition) is 2. The van der Waals surface area contributed by atoms with E-state index < -0.39 is 11.9 Å². The summed E-state index contributed by atoms with van der Waals surface area (Å²) >= 11 is 0. The molecule has 0 aliphatic heterocycles. The molecular weight excluding hydrogens is 328 g/mol. The molecule has 0 unspecified atom stereocenters. The maximum atomic E-state index is 12.2. The van der Waals surface area contributed by atoms with E-state index in [1.807, 2.05) is 50.2 Å². The van der Waals surface area contributed by atoms with E-state index in [0.717, 1.165) is 22.8 Å². The first kappa shape index (κ1) is 19.2. The van der Waals surface area contributed by atoms with Crippen LogP contribution >= 0.6 is 0 Å². The number of aliphatic carboxylic acids is 2. The molecule has 0 saturated heterocycles. The summed E-state index contributed by atoms with van der Waals surface area (Å²) in [7, 11) is 0. The van der Waals surface area contributed by atoms with Crippen molar-refractivity contribution in [2.24, 2.45) is 0 Å². The molecule has 0 aromatic heterocycles. The lowest BCUT2D eigenvalue weighted by Gasteiger charge is -2.15. The van der Waals surface area contributed by atoms with E-state index in [9.17, 15) is 14.7 Å². The van der Waals surface area contributed by atoms with Crippen molar-refractivity contribution in [3.63, 3.8) is 0 Å². The highest BCUT2D eigenvalue weighted by molar-refractivity contribution is 6.26. The van der Waals surface area contributed by atoms with Crippen LogP contribution < -0.4 is 0 Å². The highest BCUT2D eigenvalue weighted by atomic mass is 16.4. The molecule has 0 bridgehead atoms. The first-order valence-electron chi connectivity index (χ1n) is 8.54. The third-order valence-corrected chi connectivity index (χ3v) is 4.23. The Morgan fingerprint density at radius 1 is 0.808 bits per heavy atom. The van der Waals surface area contributed by atoms with Crippen LogP contribution in [-0.2, 0) is 22.4 Å². The van der Waals surface area contributed by atoms with Gasteiger partial charge in [-0.1, -0.05) is 62.4 Å². The van der Waals surface area contributed by atoms with Crippen molar-refractivity contribution in [3.05, 3.63) is 82.9 Å². The van der Waals surface area contributed by atoms with Crippen LogP contribution in [0.4, 0.5) is 0 Å². The van der Waals surface area contributed by atoms with Crippen LogP contribution in [0.3, 0.4) is 0 Å². The van der Waals surface area contributed by atoms with Crippen LogP contribution in [0.1, 0.15) is 36.1 Å². The zero-order valence-electron chi connectivity index (χ0n) is 14.9. The molecule has 0 atom stereocenters. The lowest BCUT2D eigenvalue weighted by molar-refractivity contribution is -0.132. The van der Waals surface area contributed by atoms with Crippen molar-refractivity contribution in [2.45, 2.75) is 26.7 Å². The fourth-order valence-electron chi connectivity index (χ4n) is 3.00. The molecule has 2 aromatic carbocycles. The Bertz CT molecular complexity index is 875. The molecule has 0 fully saturated rings. The summed E-state index contributed by atoms with van der Waals surface area (Å²) < 4.78 is 0. The molecule has 0 heterocycles. The lowest BCUT2D eigenvalue weighted by atomic mass is 9.88. The molecule has 0 spiro atoms. The minimum atomic E-state index is -1.12. The average Bonchev–Trinajstić information content (AvgIpc) is 2.64. The Morgan fingerprint density at radius 3 is 1.81 bits per heavy atom. The Kier molecular flexibility index (Phi) is 6.50. The van der Waals surface area contributed by atoms with Gasteiger partial charge in [-0.05, 0) is 46.7 Å². The largest absolute Gasteiger partial charge is 0.478 e. The Morgan fingerprint density at radius 2 is 1.31 bits per heavy atom. The second-order valence-electron chi connectivity index (χ2n) is 5.79. The number of aryl methyl sites for hydroxylation is 2. The molecule has 0 saturated carbocycles. The quantitative estimate of drug-likeness (QED) is 0.439. The highest BCUT2D eigenvalue weighted by Crippen LogP contribution is 2.32. The van der Waals surface area contributed by atoms with Crippen LogP contribution in [0.5, 0.6) is 0 Å². The third-order valence-electron chi connectivity index (χ3n) is 4.23. The van der Waals surface area contributed by atoms with Crippen molar-refractivity contribution in [2.75, 3.05) is 0 Å². The first-order chi connectivity index (χ1) is 12.5. The van der Waals surface area contributed by atoms with Gasteiger partial charge in [0.25, 0.3) is 0 Å². The summed E-state index contributed by atoms with van der Waals surface area (Å²) in [5.74, 6) is -2.20. The number of carboxylic acid groups (broad SMARTS) is 2. The molecule has 0 amide bonds. The zero-order valence-corrected chi connectivity index (χ0v) is 14.9. The smallest absolute Gasteiger partial charge is 0.336 e. The normalized spacial score (nSPS) is 12.1. The van der Waals surface area contributed by atoms with Gasteiger partial charge in [0.05, 0.1) is 5.57 Å². The highest BCUT2D eigenvalue weighted by Gasteiger charge is 2.20. The van der Waals surface area contributed by atoms with Gasteiger partial charge in [-0.3, -0.25) is 0 Å². The predicted octanol–water partition coefficient (Wildman–Crippen LogP) is 4.45. The molecule has 4 nitrogen and oxygen atoms in total. The van der Waals surface area contributed by atoms with Gasteiger partial charge in [-0.15, -0.1) is 0 Å². The van der Waals surface area contributed by atoms with Crippen molar-refractivity contribution >= 4 is 23.1 Å². The van der Waals surface area contributed by atoms with Gasteiger partial charge < -0.3 is 10.2 Å². The van der Waals surface area contributed by atoms with E-state index in [4.69, 9.17) is 5.11 Å². The SMILES string of the molecule is CCc1ccccc1C(/C=C/C(=O)O)=C(\C(=O)O)c1ccccc1CC. The minimum Gasteiger partial charge on any atom is -0.478 e. The molecule has 4 heteroatoms. The maximum Gasteiger partial charge on any atom is 0.336 e. The van der Waals surface area contributed by atoms with Gasteiger partial charge in [0.15, 0.2) is 0 Å². The summed E-state index contributed by atoms with van der Waals surface area (Å²) in [6, 6.07) is 14.8. The van der Waals surface area contributed by atoms with Crippen LogP contribution in [0.2, 0.25) is 0 Å². The first-order valence-corrected chi connectivity index (χ1v) is 8.54. The summed E-state index contributed by atoms with van der Waals surface area (Å²) in [5.41, 5.74) is 3.72. The molecule has 0 aliphatic carbocycles. The number of hydrogen-bond acceptors (Lipinski definition) is 2. The topological polar surface area (TPSA) is 74.6 Å². The predicted molar refractivity (Wildman–Crippen MR) is 103 cm³/mol. The fourth-order valence-corrected chi connectivity index (χ4v) is 3.00. The second kappa shape index (κ2) is 8.81. The molecule has 0 radical (unpaired) electrons. The Hall–Kier alpha value is -3.14. The number of rotatable bonds is 7. The Balaban J connectivity index is 2.88. The zero-order chi connectivity index (χ0) is 19.1. The molecule has 2 rings (SSSR count). The standard InChI is InChI=1S/C22H22O4/c1-3-15-9-5-7-11-17(15)19(13-14-20(23)24)21(22(25)26)18-12-8-6-10-16(18)4-2/h5-14H,3-4H2,1-2H3,(H,23,24)(H,25,26)/b14-13+,21-19-. The monoisotopic (exact) mass is 350 g/mol. The van der Waals surface area contributed by atoms with Crippen LogP contribution in [0.15, 0.2) is 60.7 Å². The molecule has 2 N–H and O–H groups in total. The van der Waals surface area contributed by atoms with Gasteiger partial charge in [0.1, 0.15) is 0 Å². The van der Waals surface area contributed by atoms with E-state index >= 15 is 0 Å². The third kappa shape index (κ3) is 4.28. The van der Waals surface area contributed by atoms with E-state index in [0.29, 0.717) is 24.0 Å². The van der Waals surface area contributed by atoms with Crippen molar-refractivity contribution in [1.82, 2.24) is 0 Å². The number of benzene rings is 2. The molecule has 0 aliphatic rings. The molecule has 26 heavy (non-hydrogen) atoms. The van der Waals surface area contributed by atoms with Crippen LogP contribution in [0, 0.1) is 0 Å². The van der Waals surface area contributed by atoms with E-state index in [1.54, 1.807) is 12.1 Å². The lowest BCUT2D eigenvalue weighted by Crippen LogP contribution is -2.07. The van der Waals surface area contributed by atoms with Crippen molar-refractivity contribution in [3.8, 4) is 0 Å². The van der Waals surface area contributed by atoms with E-state index in [2.05, 4.69) is 0 Å². The second-order valence-corrected chi connectivity index (χ2v) is 5.79. The van der Waals surface area contributed by atoms with Crippen molar-refractivity contribution < 1.29 is 19.8 Å². The number of carbonyl (C=O) groups is 2. The van der Waals surface area contributed by atoms with Crippen LogP contribution in [-0.4, -0.2) is 22.2 Å². The number of carboxylic acids is 2. The van der Waals surface area contributed by atoms with Gasteiger partial charge in [-0.2, -0.15) is 0 Å². The molecular formula is C22H22O4. The fraction of sp³-hybridized carbons (Fsp3) is 0.182. The molecule has 2 aromatic rings. The summed E-state index contributed by atoms with van der Waals surface area (Å²) in [4.78, 5) is 23.3. The van der Waals surface area contributed by atoms with Gasteiger partial charge in [-0.25, -0.2) is 9.59 Å². The number of allylic oxidation sites excluding steroid dienone is 2. The minimum absolute atomic E-state index is 0.112. The summed E-state index contributed by atoms with van der Waals surface area (Å²) in [6.45, 7) is 3.95. The van der Waals surface area contributed by atoms with Crippen LogP contribution in [0.25, 0.3) is 11.1 Å². The van der Waals surface area contributed by atoms with Gasteiger partial charge in [0, 0.05) is 6.08 Å². The molecule has 134 valence electrons. The van der Waals surface area contributed by atoms with E-state index in [1.165, 1.54) is 6.08 Å². The summed E-state index contributed by atoms with van der Waals surface area (Å²) in [6.07, 6.45) is 3.76. The average molecular weight is 350 g/mol. The Labute approximate surface area is 153 Å².